The Morgan fingerprint density at radius 3 is 2.46 bits per heavy atom. The van der Waals surface area contributed by atoms with Crippen LogP contribution in [-0.4, -0.2) is 13.1 Å². The van der Waals surface area contributed by atoms with Crippen LogP contribution in [0.2, 0.25) is 0 Å². The number of rotatable bonds is 1. The van der Waals surface area contributed by atoms with Crippen molar-refractivity contribution in [3.63, 3.8) is 0 Å². The molecule has 0 bridgehead atoms. The second kappa shape index (κ2) is 3.77. The number of hydrogen-bond acceptors (Lipinski definition) is 1. The molecule has 69 valence electrons. The van der Waals surface area contributed by atoms with Crippen LogP contribution in [0.4, 0.5) is 10.1 Å². The molecule has 0 aromatic heterocycles. The van der Waals surface area contributed by atoms with E-state index >= 15 is 0 Å². The Morgan fingerprint density at radius 2 is 1.77 bits per heavy atom. The first-order valence-corrected chi connectivity index (χ1v) is 4.69. The second-order valence-corrected chi connectivity index (χ2v) is 3.30. The smallest absolute Gasteiger partial charge is 0.146 e. The van der Waals surface area contributed by atoms with Gasteiger partial charge in [-0.05, 0) is 31.4 Å². The van der Waals surface area contributed by atoms with E-state index in [9.17, 15) is 4.39 Å². The van der Waals surface area contributed by atoms with Crippen molar-refractivity contribution < 1.29 is 4.39 Å². The van der Waals surface area contributed by atoms with Crippen molar-refractivity contribution in [1.29, 1.82) is 0 Å². The largest absolute Gasteiger partial charge is 0.369 e. The van der Waals surface area contributed by atoms with Crippen LogP contribution in [-0.2, 0) is 0 Å². The average Bonchev–Trinajstić information content (AvgIpc) is 2.20. The van der Waals surface area contributed by atoms with E-state index in [1.807, 2.05) is 12.1 Å². The zero-order chi connectivity index (χ0) is 9.10. The summed E-state index contributed by atoms with van der Waals surface area (Å²) in [5, 5.41) is 0. The first-order valence-electron chi connectivity index (χ1n) is 4.69. The average molecular weight is 178 g/mol. The van der Waals surface area contributed by atoms with Crippen molar-refractivity contribution in [2.45, 2.75) is 12.8 Å². The quantitative estimate of drug-likeness (QED) is 0.639. The number of benzene rings is 1. The van der Waals surface area contributed by atoms with Crippen molar-refractivity contribution in [1.82, 2.24) is 0 Å². The van der Waals surface area contributed by atoms with Gasteiger partial charge in [0, 0.05) is 13.1 Å². The van der Waals surface area contributed by atoms with Gasteiger partial charge in [-0.2, -0.15) is 0 Å². The second-order valence-electron chi connectivity index (χ2n) is 3.30. The molecule has 2 rings (SSSR count). The first-order chi connectivity index (χ1) is 6.38. The monoisotopic (exact) mass is 178 g/mol. The van der Waals surface area contributed by atoms with Gasteiger partial charge in [0.1, 0.15) is 5.82 Å². The number of halogens is 1. The van der Waals surface area contributed by atoms with E-state index in [0.717, 1.165) is 31.6 Å². The molecule has 0 amide bonds. The number of hydrogen-bond donors (Lipinski definition) is 0. The van der Waals surface area contributed by atoms with Crippen molar-refractivity contribution in [2.24, 2.45) is 0 Å². The molecule has 1 fully saturated rings. The van der Waals surface area contributed by atoms with E-state index in [4.69, 9.17) is 0 Å². The lowest BCUT2D eigenvalue weighted by atomic mass is 10.1. The molecule has 0 spiro atoms. The van der Waals surface area contributed by atoms with Crippen LogP contribution < -0.4 is 4.90 Å². The number of piperidine rings is 1. The molecule has 1 aromatic rings. The summed E-state index contributed by atoms with van der Waals surface area (Å²) < 4.78 is 13.3. The Balaban J connectivity index is 2.18. The normalized spacial score (nSPS) is 17.5. The molecular formula is C11H13FN. The lowest BCUT2D eigenvalue weighted by Gasteiger charge is -2.28. The Hall–Kier alpha value is -1.05. The molecule has 0 saturated carbocycles. The minimum atomic E-state index is -0.107. The van der Waals surface area contributed by atoms with E-state index in [1.165, 1.54) is 6.07 Å². The maximum Gasteiger partial charge on any atom is 0.146 e. The third-order valence-corrected chi connectivity index (χ3v) is 2.40. The van der Waals surface area contributed by atoms with E-state index in [0.29, 0.717) is 0 Å². The molecule has 1 nitrogen and oxygen atoms in total. The highest BCUT2D eigenvalue weighted by Gasteiger charge is 2.13. The molecule has 1 aliphatic heterocycles. The molecular weight excluding hydrogens is 165 g/mol. The minimum Gasteiger partial charge on any atom is -0.369 e. The molecule has 1 aliphatic rings. The summed E-state index contributed by atoms with van der Waals surface area (Å²) >= 11 is 0. The van der Waals surface area contributed by atoms with Crippen LogP contribution in [0.15, 0.2) is 24.3 Å². The van der Waals surface area contributed by atoms with Gasteiger partial charge in [-0.1, -0.05) is 12.1 Å². The topological polar surface area (TPSA) is 3.24 Å². The summed E-state index contributed by atoms with van der Waals surface area (Å²) in [6, 6.07) is 6.99. The van der Waals surface area contributed by atoms with Gasteiger partial charge in [0.15, 0.2) is 0 Å². The minimum absolute atomic E-state index is 0.107. The van der Waals surface area contributed by atoms with Crippen LogP contribution in [0.5, 0.6) is 0 Å². The molecule has 0 atom stereocenters. The fourth-order valence-corrected chi connectivity index (χ4v) is 1.70. The molecule has 1 heterocycles. The zero-order valence-electron chi connectivity index (χ0n) is 7.54. The maximum absolute atomic E-state index is 13.3. The summed E-state index contributed by atoms with van der Waals surface area (Å²) in [5.41, 5.74) is 0.746. The SMILES string of the molecule is Fc1ccccc1N1CC[CH]CC1. The van der Waals surface area contributed by atoms with Crippen molar-refractivity contribution >= 4 is 5.69 Å². The fraction of sp³-hybridized carbons (Fsp3) is 0.364. The van der Waals surface area contributed by atoms with E-state index in [1.54, 1.807) is 6.07 Å². The number of para-hydroxylation sites is 1. The maximum atomic E-state index is 13.3. The van der Waals surface area contributed by atoms with Gasteiger partial charge in [-0.3, -0.25) is 0 Å². The molecule has 13 heavy (non-hydrogen) atoms. The molecule has 1 radical (unpaired) electrons. The predicted molar refractivity (Wildman–Crippen MR) is 52.1 cm³/mol. The van der Waals surface area contributed by atoms with Crippen molar-refractivity contribution in [2.75, 3.05) is 18.0 Å². The summed E-state index contributed by atoms with van der Waals surface area (Å²) in [7, 11) is 0. The highest BCUT2D eigenvalue weighted by Crippen LogP contribution is 2.21. The summed E-state index contributed by atoms with van der Waals surface area (Å²) in [5.74, 6) is -0.107. The number of anilines is 1. The Morgan fingerprint density at radius 1 is 1.08 bits per heavy atom. The van der Waals surface area contributed by atoms with E-state index in [2.05, 4.69) is 11.3 Å². The summed E-state index contributed by atoms with van der Waals surface area (Å²) in [4.78, 5) is 2.11. The van der Waals surface area contributed by atoms with Crippen molar-refractivity contribution in [3.05, 3.63) is 36.5 Å². The first kappa shape index (κ1) is 8.54. The van der Waals surface area contributed by atoms with Gasteiger partial charge in [0.05, 0.1) is 5.69 Å². The van der Waals surface area contributed by atoms with Gasteiger partial charge in [0.2, 0.25) is 0 Å². The van der Waals surface area contributed by atoms with Gasteiger partial charge in [0.25, 0.3) is 0 Å². The standard InChI is InChI=1S/C11H13FN/c12-10-6-2-3-7-11(10)13-8-4-1-5-9-13/h1-3,6-7H,4-5,8-9H2. The molecule has 0 unspecified atom stereocenters. The summed E-state index contributed by atoms with van der Waals surface area (Å²) in [6.07, 6.45) is 4.39. The van der Waals surface area contributed by atoms with Crippen LogP contribution in [0.1, 0.15) is 12.8 Å². The third kappa shape index (κ3) is 1.82. The third-order valence-electron chi connectivity index (χ3n) is 2.40. The molecule has 1 saturated heterocycles. The van der Waals surface area contributed by atoms with Gasteiger partial charge in [-0.15, -0.1) is 0 Å². The van der Waals surface area contributed by atoms with Crippen LogP contribution >= 0.6 is 0 Å². The van der Waals surface area contributed by atoms with Crippen molar-refractivity contribution in [3.8, 4) is 0 Å². The molecule has 0 N–H and O–H groups in total. The lowest BCUT2D eigenvalue weighted by molar-refractivity contribution is 0.603. The van der Waals surface area contributed by atoms with E-state index < -0.39 is 0 Å². The Labute approximate surface area is 78.2 Å². The van der Waals surface area contributed by atoms with Gasteiger partial charge >= 0.3 is 0 Å². The van der Waals surface area contributed by atoms with Crippen LogP contribution in [0.3, 0.4) is 0 Å². The fourth-order valence-electron chi connectivity index (χ4n) is 1.70. The molecule has 0 aliphatic carbocycles. The van der Waals surface area contributed by atoms with Gasteiger partial charge < -0.3 is 4.90 Å². The Kier molecular flexibility index (Phi) is 2.48. The van der Waals surface area contributed by atoms with Crippen LogP contribution in [0, 0.1) is 12.2 Å². The molecule has 2 heteroatoms. The Bertz CT molecular complexity index is 279. The van der Waals surface area contributed by atoms with E-state index in [-0.39, 0.29) is 5.82 Å². The summed E-state index contributed by atoms with van der Waals surface area (Å²) in [6.45, 7) is 1.89. The predicted octanol–water partition coefficient (Wildman–Crippen LogP) is 2.63. The highest BCUT2D eigenvalue weighted by molar-refractivity contribution is 5.47. The highest BCUT2D eigenvalue weighted by atomic mass is 19.1. The zero-order valence-corrected chi connectivity index (χ0v) is 7.54. The van der Waals surface area contributed by atoms with Gasteiger partial charge in [-0.25, -0.2) is 4.39 Å². The molecule has 1 aromatic carbocycles. The lowest BCUT2D eigenvalue weighted by Crippen LogP contribution is -2.30. The number of nitrogens with zero attached hydrogens (tertiary/aromatic N) is 1. The van der Waals surface area contributed by atoms with Crippen LogP contribution in [0.25, 0.3) is 0 Å².